The number of hydrogen-bond acceptors (Lipinski definition) is 3. The molecular formula is C14H15FN2O. The van der Waals surface area contributed by atoms with Gasteiger partial charge in [-0.25, -0.2) is 4.39 Å². The fourth-order valence-electron chi connectivity index (χ4n) is 1.58. The highest BCUT2D eigenvalue weighted by molar-refractivity contribution is 5.47. The number of nitrogens with zero attached hydrogens (tertiary/aromatic N) is 1. The molecule has 1 aromatic carbocycles. The molecule has 0 unspecified atom stereocenters. The zero-order chi connectivity index (χ0) is 12.8. The van der Waals surface area contributed by atoms with Gasteiger partial charge in [-0.1, -0.05) is 6.07 Å². The molecule has 0 aliphatic carbocycles. The van der Waals surface area contributed by atoms with E-state index in [9.17, 15) is 4.39 Å². The second-order valence-electron chi connectivity index (χ2n) is 3.75. The molecule has 2 rings (SSSR count). The predicted octanol–water partition coefficient (Wildman–Crippen LogP) is 3.23. The molecule has 2 aromatic rings. The van der Waals surface area contributed by atoms with E-state index in [1.165, 1.54) is 6.07 Å². The Morgan fingerprint density at radius 2 is 2.17 bits per heavy atom. The van der Waals surface area contributed by atoms with Crippen molar-refractivity contribution < 1.29 is 9.13 Å². The van der Waals surface area contributed by atoms with Crippen LogP contribution in [0.3, 0.4) is 0 Å². The summed E-state index contributed by atoms with van der Waals surface area (Å²) in [5.74, 6) is -0.0799. The zero-order valence-corrected chi connectivity index (χ0v) is 10.2. The molecule has 0 atom stereocenters. The first-order valence-corrected chi connectivity index (χ1v) is 5.85. The minimum absolute atomic E-state index is 0.279. The van der Waals surface area contributed by atoms with E-state index in [1.807, 2.05) is 25.1 Å². The van der Waals surface area contributed by atoms with Crippen molar-refractivity contribution in [3.05, 3.63) is 54.1 Å². The van der Waals surface area contributed by atoms with E-state index in [0.717, 1.165) is 5.69 Å². The molecule has 4 heteroatoms. The maximum Gasteiger partial charge on any atom is 0.167 e. The molecule has 3 nitrogen and oxygen atoms in total. The number of rotatable bonds is 5. The molecule has 0 saturated carbocycles. The van der Waals surface area contributed by atoms with Gasteiger partial charge in [0.05, 0.1) is 18.8 Å². The monoisotopic (exact) mass is 246 g/mol. The van der Waals surface area contributed by atoms with Crippen molar-refractivity contribution in [3.63, 3.8) is 0 Å². The van der Waals surface area contributed by atoms with Crippen molar-refractivity contribution in [3.8, 4) is 5.75 Å². The number of aromatic nitrogens is 1. The molecule has 0 spiro atoms. The van der Waals surface area contributed by atoms with Gasteiger partial charge in [-0.05, 0) is 31.2 Å². The lowest BCUT2D eigenvalue weighted by molar-refractivity contribution is 0.321. The highest BCUT2D eigenvalue weighted by Gasteiger charge is 2.04. The summed E-state index contributed by atoms with van der Waals surface area (Å²) in [5, 5.41) is 3.11. The largest absolute Gasteiger partial charge is 0.491 e. The van der Waals surface area contributed by atoms with Crippen molar-refractivity contribution in [1.29, 1.82) is 0 Å². The Morgan fingerprint density at radius 1 is 1.28 bits per heavy atom. The fraction of sp³-hybridized carbons (Fsp3) is 0.214. The smallest absolute Gasteiger partial charge is 0.167 e. The Morgan fingerprint density at radius 3 is 2.83 bits per heavy atom. The predicted molar refractivity (Wildman–Crippen MR) is 69.1 cm³/mol. The van der Waals surface area contributed by atoms with Crippen molar-refractivity contribution >= 4 is 5.69 Å². The molecular weight excluding hydrogens is 231 g/mol. The van der Waals surface area contributed by atoms with Crippen LogP contribution >= 0.6 is 0 Å². The van der Waals surface area contributed by atoms with Crippen molar-refractivity contribution in [2.45, 2.75) is 13.5 Å². The lowest BCUT2D eigenvalue weighted by Crippen LogP contribution is -2.02. The van der Waals surface area contributed by atoms with Gasteiger partial charge in [0.2, 0.25) is 0 Å². The van der Waals surface area contributed by atoms with Gasteiger partial charge in [0.15, 0.2) is 11.6 Å². The minimum atomic E-state index is -0.358. The average molecular weight is 246 g/mol. The minimum Gasteiger partial charge on any atom is -0.491 e. The summed E-state index contributed by atoms with van der Waals surface area (Å²) in [6.45, 7) is 2.85. The molecule has 1 heterocycles. The first-order valence-electron chi connectivity index (χ1n) is 5.85. The van der Waals surface area contributed by atoms with Crippen LogP contribution in [0.5, 0.6) is 5.75 Å². The second kappa shape index (κ2) is 6.00. The molecule has 0 radical (unpaired) electrons. The van der Waals surface area contributed by atoms with E-state index in [4.69, 9.17) is 4.74 Å². The Labute approximate surface area is 106 Å². The maximum absolute atomic E-state index is 13.6. The number of benzene rings is 1. The van der Waals surface area contributed by atoms with Crippen LogP contribution in [-0.2, 0) is 6.54 Å². The number of nitrogens with one attached hydrogen (secondary N) is 1. The van der Waals surface area contributed by atoms with Gasteiger partial charge < -0.3 is 10.1 Å². The Balaban J connectivity index is 2.00. The zero-order valence-electron chi connectivity index (χ0n) is 10.2. The van der Waals surface area contributed by atoms with Crippen molar-refractivity contribution in [2.24, 2.45) is 0 Å². The topological polar surface area (TPSA) is 34.1 Å². The summed E-state index contributed by atoms with van der Waals surface area (Å²) in [6.07, 6.45) is 1.73. The van der Waals surface area contributed by atoms with Crippen LogP contribution in [0.1, 0.15) is 12.6 Å². The average Bonchev–Trinajstić information content (AvgIpc) is 2.41. The van der Waals surface area contributed by atoms with Gasteiger partial charge in [0.25, 0.3) is 0 Å². The molecule has 0 bridgehead atoms. The maximum atomic E-state index is 13.6. The summed E-state index contributed by atoms with van der Waals surface area (Å²) in [5.41, 5.74) is 1.62. The lowest BCUT2D eigenvalue weighted by atomic mass is 10.2. The van der Waals surface area contributed by atoms with Crippen LogP contribution in [0.15, 0.2) is 42.6 Å². The molecule has 0 aliphatic heterocycles. The SMILES string of the molecule is CCOc1ccc(NCc2ccccn2)cc1F. The van der Waals surface area contributed by atoms with Crippen LogP contribution in [0, 0.1) is 5.82 Å². The highest BCUT2D eigenvalue weighted by Crippen LogP contribution is 2.21. The Hall–Kier alpha value is -2.10. The van der Waals surface area contributed by atoms with Crippen LogP contribution in [0.25, 0.3) is 0 Å². The number of hydrogen-bond donors (Lipinski definition) is 1. The Bertz CT molecular complexity index is 502. The lowest BCUT2D eigenvalue weighted by Gasteiger charge is -2.08. The van der Waals surface area contributed by atoms with E-state index in [1.54, 1.807) is 18.3 Å². The summed E-state index contributed by atoms with van der Waals surface area (Å²) >= 11 is 0. The fourth-order valence-corrected chi connectivity index (χ4v) is 1.58. The molecule has 18 heavy (non-hydrogen) atoms. The van der Waals surface area contributed by atoms with E-state index in [0.29, 0.717) is 18.8 Å². The van der Waals surface area contributed by atoms with E-state index < -0.39 is 0 Å². The molecule has 0 fully saturated rings. The number of pyridine rings is 1. The molecule has 0 saturated heterocycles. The molecule has 0 aliphatic rings. The Kier molecular flexibility index (Phi) is 4.12. The van der Waals surface area contributed by atoms with Gasteiger partial charge in [0.1, 0.15) is 0 Å². The molecule has 94 valence electrons. The first kappa shape index (κ1) is 12.4. The number of halogens is 1. The van der Waals surface area contributed by atoms with Gasteiger partial charge in [-0.15, -0.1) is 0 Å². The quantitative estimate of drug-likeness (QED) is 0.879. The van der Waals surface area contributed by atoms with Crippen LogP contribution in [0.4, 0.5) is 10.1 Å². The van der Waals surface area contributed by atoms with Crippen LogP contribution in [-0.4, -0.2) is 11.6 Å². The summed E-state index contributed by atoms with van der Waals surface area (Å²) < 4.78 is 18.7. The molecule has 0 amide bonds. The van der Waals surface area contributed by atoms with E-state index >= 15 is 0 Å². The van der Waals surface area contributed by atoms with Crippen molar-refractivity contribution in [1.82, 2.24) is 4.98 Å². The summed E-state index contributed by atoms with van der Waals surface area (Å²) in [4.78, 5) is 4.18. The van der Waals surface area contributed by atoms with E-state index in [-0.39, 0.29) is 11.6 Å². The first-order chi connectivity index (χ1) is 8.79. The molecule has 1 N–H and O–H groups in total. The third-order valence-electron chi connectivity index (χ3n) is 2.43. The van der Waals surface area contributed by atoms with Gasteiger partial charge in [-0.3, -0.25) is 4.98 Å². The third kappa shape index (κ3) is 3.20. The van der Waals surface area contributed by atoms with Crippen LogP contribution in [0.2, 0.25) is 0 Å². The van der Waals surface area contributed by atoms with Crippen LogP contribution < -0.4 is 10.1 Å². The van der Waals surface area contributed by atoms with Gasteiger partial charge >= 0.3 is 0 Å². The third-order valence-corrected chi connectivity index (χ3v) is 2.43. The van der Waals surface area contributed by atoms with Crippen molar-refractivity contribution in [2.75, 3.05) is 11.9 Å². The van der Waals surface area contributed by atoms with Gasteiger partial charge in [0, 0.05) is 18.0 Å². The summed E-state index contributed by atoms with van der Waals surface area (Å²) in [7, 11) is 0. The van der Waals surface area contributed by atoms with Gasteiger partial charge in [-0.2, -0.15) is 0 Å². The number of anilines is 1. The summed E-state index contributed by atoms with van der Waals surface area (Å²) in [6, 6.07) is 10.5. The number of ether oxygens (including phenoxy) is 1. The molecule has 1 aromatic heterocycles. The second-order valence-corrected chi connectivity index (χ2v) is 3.75. The normalized spacial score (nSPS) is 10.1. The highest BCUT2D eigenvalue weighted by atomic mass is 19.1. The van der Waals surface area contributed by atoms with E-state index in [2.05, 4.69) is 10.3 Å². The standard InChI is InChI=1S/C14H15FN2O/c1-2-18-14-7-6-11(9-13(14)15)17-10-12-5-3-4-8-16-12/h3-9,17H,2,10H2,1H3.